The fraction of sp³-hybridized carbons (Fsp3) is 0.308. The van der Waals surface area contributed by atoms with Crippen molar-refractivity contribution in [2.24, 2.45) is 0 Å². The van der Waals surface area contributed by atoms with E-state index in [1.54, 1.807) is 0 Å². The first-order valence-electron chi connectivity index (χ1n) is 6.01. The third kappa shape index (κ3) is 5.17. The number of aliphatic carboxylic acids is 2. The number of carboxylic acids is 2. The van der Waals surface area contributed by atoms with Crippen LogP contribution in [0.25, 0.3) is 0 Å². The van der Waals surface area contributed by atoms with E-state index >= 15 is 0 Å². The molecule has 0 radical (unpaired) electrons. The van der Waals surface area contributed by atoms with Gasteiger partial charge in [0.1, 0.15) is 6.04 Å². The highest BCUT2D eigenvalue weighted by Crippen LogP contribution is 2.10. The van der Waals surface area contributed by atoms with E-state index in [4.69, 9.17) is 10.2 Å². The lowest BCUT2D eigenvalue weighted by molar-refractivity contribution is -0.140. The maximum atomic E-state index is 13.0. The Kier molecular flexibility index (Phi) is 5.77. The summed E-state index contributed by atoms with van der Waals surface area (Å²) in [6, 6.07) is 1.12. The molecule has 6 nitrogen and oxygen atoms in total. The van der Waals surface area contributed by atoms with E-state index in [0.29, 0.717) is 6.07 Å². The number of carboxylic acid groups (broad SMARTS) is 2. The predicted molar refractivity (Wildman–Crippen MR) is 66.7 cm³/mol. The fourth-order valence-electron chi connectivity index (χ4n) is 1.59. The van der Waals surface area contributed by atoms with Crippen LogP contribution in [0.2, 0.25) is 0 Å². The van der Waals surface area contributed by atoms with Crippen LogP contribution in [0.5, 0.6) is 0 Å². The molecule has 0 bridgehead atoms. The van der Waals surface area contributed by atoms with Crippen LogP contribution >= 0.6 is 0 Å². The minimum atomic E-state index is -1.34. The first-order valence-corrected chi connectivity index (χ1v) is 6.01. The van der Waals surface area contributed by atoms with Gasteiger partial charge in [-0.15, -0.1) is 0 Å². The number of halogens is 2. The molecule has 114 valence electrons. The van der Waals surface area contributed by atoms with Crippen LogP contribution in [0, 0.1) is 11.6 Å². The molecule has 0 aromatic heterocycles. The maximum absolute atomic E-state index is 13.0. The minimum Gasteiger partial charge on any atom is -0.481 e. The van der Waals surface area contributed by atoms with Crippen LogP contribution in [0.3, 0.4) is 0 Å². The zero-order chi connectivity index (χ0) is 16.0. The van der Waals surface area contributed by atoms with E-state index in [1.165, 1.54) is 0 Å². The van der Waals surface area contributed by atoms with Crippen molar-refractivity contribution < 1.29 is 33.4 Å². The van der Waals surface area contributed by atoms with Gasteiger partial charge in [0.05, 0.1) is 0 Å². The van der Waals surface area contributed by atoms with E-state index in [2.05, 4.69) is 5.32 Å². The van der Waals surface area contributed by atoms with Crippen molar-refractivity contribution in [2.45, 2.75) is 25.3 Å². The standard InChI is InChI=1S/C13H13F2NO5/c14-8-5-4-7(6-9(8)15)12(19)16-10(13(20)21)2-1-3-11(17)18/h4-6,10H,1-3H2,(H,16,19)(H,17,18)(H,20,21)/t10-/m1/s1. The third-order valence-electron chi connectivity index (χ3n) is 2.67. The summed E-state index contributed by atoms with van der Waals surface area (Å²) in [5, 5.41) is 19.5. The second kappa shape index (κ2) is 7.32. The first-order chi connectivity index (χ1) is 9.81. The van der Waals surface area contributed by atoms with Crippen molar-refractivity contribution in [1.29, 1.82) is 0 Å². The predicted octanol–water partition coefficient (Wildman–Crippen LogP) is 1.40. The number of carbonyl (C=O) groups is 3. The highest BCUT2D eigenvalue weighted by atomic mass is 19.2. The lowest BCUT2D eigenvalue weighted by Gasteiger charge is -2.14. The first kappa shape index (κ1) is 16.5. The van der Waals surface area contributed by atoms with Crippen molar-refractivity contribution in [2.75, 3.05) is 0 Å². The third-order valence-corrected chi connectivity index (χ3v) is 2.67. The molecule has 1 aromatic rings. The number of hydrogen-bond donors (Lipinski definition) is 3. The molecule has 0 saturated carbocycles. The van der Waals surface area contributed by atoms with Gasteiger partial charge in [-0.25, -0.2) is 13.6 Å². The summed E-state index contributed by atoms with van der Waals surface area (Å²) < 4.78 is 25.7. The van der Waals surface area contributed by atoms with Gasteiger partial charge in [-0.1, -0.05) is 0 Å². The number of benzene rings is 1. The highest BCUT2D eigenvalue weighted by molar-refractivity contribution is 5.96. The molecule has 1 amide bonds. The molecule has 0 aliphatic rings. The number of carbonyl (C=O) groups excluding carboxylic acids is 1. The zero-order valence-electron chi connectivity index (χ0n) is 10.8. The Morgan fingerprint density at radius 1 is 1.14 bits per heavy atom. The van der Waals surface area contributed by atoms with Gasteiger partial charge in [-0.05, 0) is 31.0 Å². The topological polar surface area (TPSA) is 104 Å². The van der Waals surface area contributed by atoms with E-state index < -0.39 is 35.5 Å². The smallest absolute Gasteiger partial charge is 0.326 e. The molecule has 21 heavy (non-hydrogen) atoms. The second-order valence-corrected chi connectivity index (χ2v) is 4.28. The van der Waals surface area contributed by atoms with Gasteiger partial charge < -0.3 is 15.5 Å². The Balaban J connectivity index is 2.69. The van der Waals surface area contributed by atoms with Crippen LogP contribution in [0.4, 0.5) is 8.78 Å². The largest absolute Gasteiger partial charge is 0.481 e. The Labute approximate surface area is 118 Å². The quantitative estimate of drug-likeness (QED) is 0.706. The molecule has 8 heteroatoms. The van der Waals surface area contributed by atoms with Crippen molar-refractivity contribution in [1.82, 2.24) is 5.32 Å². The Morgan fingerprint density at radius 2 is 1.81 bits per heavy atom. The summed E-state index contributed by atoms with van der Waals surface area (Å²) in [6.45, 7) is 0. The van der Waals surface area contributed by atoms with E-state index in [1.807, 2.05) is 0 Å². The molecule has 0 heterocycles. The minimum absolute atomic E-state index is 0.0599. The summed E-state index contributed by atoms with van der Waals surface area (Å²) >= 11 is 0. The number of rotatable bonds is 7. The molecule has 0 aliphatic heterocycles. The summed E-state index contributed by atoms with van der Waals surface area (Å²) in [6.07, 6.45) is -0.258. The molecular formula is C13H13F2NO5. The summed E-state index contributed by atoms with van der Waals surface area (Å²) in [7, 11) is 0. The maximum Gasteiger partial charge on any atom is 0.326 e. The Bertz CT molecular complexity index is 561. The average molecular weight is 301 g/mol. The van der Waals surface area contributed by atoms with Gasteiger partial charge in [0.2, 0.25) is 0 Å². The van der Waals surface area contributed by atoms with Crippen LogP contribution in [0.15, 0.2) is 18.2 Å². The molecule has 0 fully saturated rings. The molecule has 0 saturated heterocycles. The Morgan fingerprint density at radius 3 is 2.33 bits per heavy atom. The van der Waals surface area contributed by atoms with Crippen LogP contribution in [-0.4, -0.2) is 34.1 Å². The van der Waals surface area contributed by atoms with Gasteiger partial charge in [0.25, 0.3) is 5.91 Å². The summed E-state index contributed by atoms with van der Waals surface area (Å²) in [5.41, 5.74) is -0.224. The monoisotopic (exact) mass is 301 g/mol. The molecule has 0 unspecified atom stereocenters. The SMILES string of the molecule is O=C(O)CCC[C@@H](NC(=O)c1ccc(F)c(F)c1)C(=O)O. The fourth-order valence-corrected chi connectivity index (χ4v) is 1.59. The van der Waals surface area contributed by atoms with Crippen molar-refractivity contribution in [3.05, 3.63) is 35.4 Å². The molecule has 0 spiro atoms. The Hall–Kier alpha value is -2.51. The van der Waals surface area contributed by atoms with Crippen LogP contribution in [-0.2, 0) is 9.59 Å². The number of amides is 1. The number of nitrogens with one attached hydrogen (secondary N) is 1. The van der Waals surface area contributed by atoms with E-state index in [9.17, 15) is 23.2 Å². The molecule has 1 atom stereocenters. The van der Waals surface area contributed by atoms with Crippen molar-refractivity contribution >= 4 is 17.8 Å². The average Bonchev–Trinajstić information content (AvgIpc) is 2.40. The van der Waals surface area contributed by atoms with Gasteiger partial charge in [0, 0.05) is 12.0 Å². The van der Waals surface area contributed by atoms with Crippen LogP contribution in [0.1, 0.15) is 29.6 Å². The molecule has 1 rings (SSSR count). The van der Waals surface area contributed by atoms with Crippen molar-refractivity contribution in [3.8, 4) is 0 Å². The zero-order valence-corrected chi connectivity index (χ0v) is 10.8. The van der Waals surface area contributed by atoms with Gasteiger partial charge in [-0.2, -0.15) is 0 Å². The lowest BCUT2D eigenvalue weighted by atomic mass is 10.1. The molecular weight excluding hydrogens is 288 g/mol. The van der Waals surface area contributed by atoms with Crippen molar-refractivity contribution in [3.63, 3.8) is 0 Å². The van der Waals surface area contributed by atoms with E-state index in [-0.39, 0.29) is 24.8 Å². The molecule has 0 aliphatic carbocycles. The summed E-state index contributed by atoms with van der Waals surface area (Å²) in [4.78, 5) is 33.1. The molecule has 1 aromatic carbocycles. The van der Waals surface area contributed by atoms with Gasteiger partial charge >= 0.3 is 11.9 Å². The normalized spacial score (nSPS) is 11.7. The van der Waals surface area contributed by atoms with E-state index in [0.717, 1.165) is 12.1 Å². The van der Waals surface area contributed by atoms with Gasteiger partial charge in [0.15, 0.2) is 11.6 Å². The van der Waals surface area contributed by atoms with Gasteiger partial charge in [-0.3, -0.25) is 9.59 Å². The molecule has 3 N–H and O–H groups in total. The summed E-state index contributed by atoms with van der Waals surface area (Å²) in [5.74, 6) is -5.64. The van der Waals surface area contributed by atoms with Crippen LogP contribution < -0.4 is 5.32 Å². The lowest BCUT2D eigenvalue weighted by Crippen LogP contribution is -2.40. The second-order valence-electron chi connectivity index (χ2n) is 4.28. The number of hydrogen-bond acceptors (Lipinski definition) is 3. The highest BCUT2D eigenvalue weighted by Gasteiger charge is 2.21.